The van der Waals surface area contributed by atoms with Gasteiger partial charge < -0.3 is 19.1 Å². The van der Waals surface area contributed by atoms with E-state index >= 15 is 0 Å². The molecule has 0 unspecified atom stereocenters. The molecule has 0 radical (unpaired) electrons. The van der Waals surface area contributed by atoms with E-state index < -0.39 is 0 Å². The minimum atomic E-state index is 0.0431. The number of amides is 1. The van der Waals surface area contributed by atoms with Gasteiger partial charge in [-0.25, -0.2) is 0 Å². The first-order chi connectivity index (χ1) is 12.7. The van der Waals surface area contributed by atoms with Crippen LogP contribution in [0.1, 0.15) is 22.8 Å². The molecule has 136 valence electrons. The average Bonchev–Trinajstić information content (AvgIpc) is 3.31. The Morgan fingerprint density at radius 2 is 1.88 bits per heavy atom. The highest BCUT2D eigenvalue weighted by molar-refractivity contribution is 5.78. The van der Waals surface area contributed by atoms with Crippen molar-refractivity contribution in [3.05, 3.63) is 83.7 Å². The molecule has 26 heavy (non-hydrogen) atoms. The maximum absolute atomic E-state index is 12.7. The maximum Gasteiger partial charge on any atom is 0.236 e. The Bertz CT molecular complexity index is 794. The zero-order valence-electron chi connectivity index (χ0n) is 15.0. The summed E-state index contributed by atoms with van der Waals surface area (Å²) in [6.45, 7) is 3.82. The van der Waals surface area contributed by atoms with Crippen molar-refractivity contribution in [2.75, 3.05) is 13.1 Å². The molecule has 1 N–H and O–H groups in total. The van der Waals surface area contributed by atoms with E-state index in [1.54, 1.807) is 6.26 Å². The lowest BCUT2D eigenvalue weighted by atomic mass is 10.1. The van der Waals surface area contributed by atoms with Gasteiger partial charge >= 0.3 is 0 Å². The fraction of sp³-hybridized carbons (Fsp3) is 0.286. The molecular weight excluding hydrogens is 328 g/mol. The van der Waals surface area contributed by atoms with Gasteiger partial charge in [0.05, 0.1) is 25.9 Å². The Morgan fingerprint density at radius 3 is 2.58 bits per heavy atom. The molecule has 1 aromatic carbocycles. The minimum Gasteiger partial charge on any atom is -0.468 e. The van der Waals surface area contributed by atoms with Gasteiger partial charge in [0.2, 0.25) is 5.91 Å². The van der Waals surface area contributed by atoms with E-state index in [-0.39, 0.29) is 12.5 Å². The van der Waals surface area contributed by atoms with E-state index in [2.05, 4.69) is 17.4 Å². The average molecular weight is 352 g/mol. The van der Waals surface area contributed by atoms with Crippen molar-refractivity contribution in [2.45, 2.75) is 26.4 Å². The van der Waals surface area contributed by atoms with Crippen LogP contribution in [0.25, 0.3) is 0 Å². The van der Waals surface area contributed by atoms with Gasteiger partial charge in [0.25, 0.3) is 0 Å². The lowest BCUT2D eigenvalue weighted by Crippen LogP contribution is -2.38. The van der Waals surface area contributed by atoms with E-state index in [0.717, 1.165) is 23.7 Å². The number of furan rings is 2. The molecule has 0 aliphatic carbocycles. The zero-order chi connectivity index (χ0) is 18.2. The van der Waals surface area contributed by atoms with Gasteiger partial charge in [-0.15, -0.1) is 0 Å². The first-order valence-corrected chi connectivity index (χ1v) is 8.81. The second kappa shape index (κ2) is 9.06. The van der Waals surface area contributed by atoms with E-state index in [0.29, 0.717) is 19.6 Å². The summed E-state index contributed by atoms with van der Waals surface area (Å²) in [7, 11) is 0. The highest BCUT2D eigenvalue weighted by atomic mass is 16.3. The monoisotopic (exact) mass is 352 g/mol. The van der Waals surface area contributed by atoms with E-state index in [1.165, 1.54) is 5.56 Å². The quantitative estimate of drug-likeness (QED) is 0.640. The molecular formula is C21H24N2O3. The van der Waals surface area contributed by atoms with Crippen molar-refractivity contribution >= 4 is 5.91 Å². The highest BCUT2D eigenvalue weighted by Gasteiger charge is 2.15. The van der Waals surface area contributed by atoms with Crippen LogP contribution < -0.4 is 5.32 Å². The normalized spacial score (nSPS) is 10.8. The summed E-state index contributed by atoms with van der Waals surface area (Å²) < 4.78 is 10.9. The minimum absolute atomic E-state index is 0.0431. The van der Waals surface area contributed by atoms with Gasteiger partial charge in [-0.3, -0.25) is 4.79 Å². The number of carbonyl (C=O) groups excluding carboxylic acids is 1. The molecule has 2 aromatic heterocycles. The van der Waals surface area contributed by atoms with E-state index in [4.69, 9.17) is 8.83 Å². The van der Waals surface area contributed by atoms with Gasteiger partial charge in [-0.1, -0.05) is 30.3 Å². The Labute approximate surface area is 153 Å². The van der Waals surface area contributed by atoms with Crippen molar-refractivity contribution in [1.82, 2.24) is 10.2 Å². The van der Waals surface area contributed by atoms with Crippen LogP contribution in [0.2, 0.25) is 0 Å². The molecule has 0 saturated carbocycles. The first kappa shape index (κ1) is 18.0. The number of aryl methyl sites for hydroxylation is 1. The summed E-state index contributed by atoms with van der Waals surface area (Å²) in [6, 6.07) is 17.8. The molecule has 0 spiro atoms. The van der Waals surface area contributed by atoms with Crippen LogP contribution >= 0.6 is 0 Å². The second-order valence-corrected chi connectivity index (χ2v) is 6.25. The predicted octanol–water partition coefficient (Wildman–Crippen LogP) is 3.54. The smallest absolute Gasteiger partial charge is 0.236 e. The summed E-state index contributed by atoms with van der Waals surface area (Å²) in [5, 5.41) is 3.14. The zero-order valence-corrected chi connectivity index (χ0v) is 15.0. The van der Waals surface area contributed by atoms with Crippen LogP contribution in [-0.4, -0.2) is 23.9 Å². The van der Waals surface area contributed by atoms with Crippen LogP contribution in [0.4, 0.5) is 0 Å². The highest BCUT2D eigenvalue weighted by Crippen LogP contribution is 2.11. The maximum atomic E-state index is 12.7. The van der Waals surface area contributed by atoms with Gasteiger partial charge in [-0.2, -0.15) is 0 Å². The molecule has 0 atom stereocenters. The number of nitrogens with zero attached hydrogens (tertiary/aromatic N) is 1. The third kappa shape index (κ3) is 5.36. The van der Waals surface area contributed by atoms with E-state index in [9.17, 15) is 4.79 Å². The van der Waals surface area contributed by atoms with Gasteiger partial charge in [0, 0.05) is 6.54 Å². The van der Waals surface area contributed by atoms with Gasteiger partial charge in [0.15, 0.2) is 0 Å². The lowest BCUT2D eigenvalue weighted by molar-refractivity contribution is -0.131. The second-order valence-electron chi connectivity index (χ2n) is 6.25. The Balaban J connectivity index is 1.57. The fourth-order valence-electron chi connectivity index (χ4n) is 2.78. The van der Waals surface area contributed by atoms with Crippen molar-refractivity contribution in [3.8, 4) is 0 Å². The van der Waals surface area contributed by atoms with Gasteiger partial charge in [-0.05, 0) is 43.2 Å². The predicted molar refractivity (Wildman–Crippen MR) is 99.4 cm³/mol. The number of rotatable bonds is 9. The summed E-state index contributed by atoms with van der Waals surface area (Å²) in [5.74, 6) is 2.51. The number of benzene rings is 1. The largest absolute Gasteiger partial charge is 0.468 e. The van der Waals surface area contributed by atoms with Crippen LogP contribution in [0, 0.1) is 6.92 Å². The molecule has 3 aromatic rings. The topological polar surface area (TPSA) is 58.6 Å². The van der Waals surface area contributed by atoms with Crippen LogP contribution in [0.15, 0.2) is 69.7 Å². The number of hydrogen-bond acceptors (Lipinski definition) is 4. The van der Waals surface area contributed by atoms with Crippen LogP contribution in [0.3, 0.4) is 0 Å². The SMILES string of the molecule is Cc1ccc(CN(CCc2ccccc2)C(=O)CNCc2ccco2)o1. The molecule has 0 aliphatic heterocycles. The van der Waals surface area contributed by atoms with Crippen LogP contribution in [-0.2, 0) is 24.3 Å². The van der Waals surface area contributed by atoms with Crippen molar-refractivity contribution in [2.24, 2.45) is 0 Å². The number of carbonyl (C=O) groups is 1. The van der Waals surface area contributed by atoms with Crippen molar-refractivity contribution in [3.63, 3.8) is 0 Å². The molecule has 0 fully saturated rings. The molecule has 3 rings (SSSR count). The molecule has 0 aliphatic rings. The molecule has 5 nitrogen and oxygen atoms in total. The summed E-state index contributed by atoms with van der Waals surface area (Å²) in [5.41, 5.74) is 1.21. The van der Waals surface area contributed by atoms with Crippen LogP contribution in [0.5, 0.6) is 0 Å². The first-order valence-electron chi connectivity index (χ1n) is 8.81. The van der Waals surface area contributed by atoms with Crippen molar-refractivity contribution in [1.29, 1.82) is 0 Å². The molecule has 5 heteroatoms. The summed E-state index contributed by atoms with van der Waals surface area (Å²) >= 11 is 0. The van der Waals surface area contributed by atoms with Crippen molar-refractivity contribution < 1.29 is 13.6 Å². The molecule has 0 saturated heterocycles. The lowest BCUT2D eigenvalue weighted by Gasteiger charge is -2.22. The Kier molecular flexibility index (Phi) is 6.28. The third-order valence-corrected chi connectivity index (χ3v) is 4.16. The fourth-order valence-corrected chi connectivity index (χ4v) is 2.78. The molecule has 1 amide bonds. The third-order valence-electron chi connectivity index (χ3n) is 4.16. The standard InChI is InChI=1S/C21H24N2O3/c1-17-9-10-20(26-17)16-23(12-11-18-6-3-2-4-7-18)21(24)15-22-14-19-8-5-13-25-19/h2-10,13,22H,11-12,14-16H2,1H3. The summed E-state index contributed by atoms with van der Waals surface area (Å²) in [6.07, 6.45) is 2.44. The van der Waals surface area contributed by atoms with E-state index in [1.807, 2.05) is 54.3 Å². The Hall–Kier alpha value is -2.79. The molecule has 0 bridgehead atoms. The summed E-state index contributed by atoms with van der Waals surface area (Å²) in [4.78, 5) is 14.5. The van der Waals surface area contributed by atoms with Gasteiger partial charge in [0.1, 0.15) is 17.3 Å². The number of hydrogen-bond donors (Lipinski definition) is 1. The molecule has 2 heterocycles. The Morgan fingerprint density at radius 1 is 1.04 bits per heavy atom. The number of nitrogens with one attached hydrogen (secondary N) is 1.